The molecule has 0 bridgehead atoms. The van der Waals surface area contributed by atoms with Crippen molar-refractivity contribution in [2.75, 3.05) is 14.2 Å². The van der Waals surface area contributed by atoms with Gasteiger partial charge in [-0.3, -0.25) is 0 Å². The van der Waals surface area contributed by atoms with Gasteiger partial charge in [-0.25, -0.2) is 0 Å². The Morgan fingerprint density at radius 2 is 2.00 bits per heavy atom. The summed E-state index contributed by atoms with van der Waals surface area (Å²) in [5.41, 5.74) is 6.77. The van der Waals surface area contributed by atoms with Gasteiger partial charge in [0.05, 0.1) is 19.9 Å². The highest BCUT2D eigenvalue weighted by Gasteiger charge is 2.02. The van der Waals surface area contributed by atoms with Crippen molar-refractivity contribution in [3.8, 4) is 23.8 Å². The van der Waals surface area contributed by atoms with Crippen LogP contribution in [-0.2, 0) is 0 Å². The first kappa shape index (κ1) is 11.0. The lowest BCUT2D eigenvalue weighted by atomic mass is 10.1. The first-order chi connectivity index (χ1) is 7.21. The third-order valence-electron chi connectivity index (χ3n) is 1.90. The molecule has 0 amide bonds. The number of rotatable bonds is 3. The van der Waals surface area contributed by atoms with Gasteiger partial charge in [-0.2, -0.15) is 0 Å². The van der Waals surface area contributed by atoms with Gasteiger partial charge < -0.3 is 15.2 Å². The van der Waals surface area contributed by atoms with Crippen molar-refractivity contribution in [1.82, 2.24) is 0 Å². The predicted octanol–water partition coefficient (Wildman–Crippen LogP) is 1.64. The number of ether oxygens (including phenoxy) is 2. The van der Waals surface area contributed by atoms with Crippen LogP contribution in [0.5, 0.6) is 11.5 Å². The zero-order chi connectivity index (χ0) is 11.3. The lowest BCUT2D eigenvalue weighted by Gasteiger charge is -2.07. The molecule has 15 heavy (non-hydrogen) atoms. The fourth-order valence-corrected chi connectivity index (χ4v) is 1.16. The van der Waals surface area contributed by atoms with E-state index in [9.17, 15) is 0 Å². The number of nitrogens with two attached hydrogens (primary N) is 1. The second kappa shape index (κ2) is 4.97. The molecular weight excluding hydrogens is 190 g/mol. The number of benzene rings is 1. The molecule has 78 valence electrons. The van der Waals surface area contributed by atoms with Crippen molar-refractivity contribution < 1.29 is 9.47 Å². The third kappa shape index (κ3) is 2.68. The van der Waals surface area contributed by atoms with E-state index in [4.69, 9.17) is 21.6 Å². The highest BCUT2D eigenvalue weighted by molar-refractivity contribution is 5.60. The molecule has 1 rings (SSSR count). The van der Waals surface area contributed by atoms with Gasteiger partial charge in [-0.15, -0.1) is 6.42 Å². The number of hydrogen-bond donors (Lipinski definition) is 1. The zero-order valence-corrected chi connectivity index (χ0v) is 8.78. The van der Waals surface area contributed by atoms with Gasteiger partial charge in [0.25, 0.3) is 0 Å². The molecule has 1 aromatic carbocycles. The lowest BCUT2D eigenvalue weighted by Crippen LogP contribution is -1.94. The maximum atomic E-state index is 5.52. The number of terminal acetylenes is 1. The maximum Gasteiger partial charge on any atom is 0.161 e. The molecule has 0 heterocycles. The van der Waals surface area contributed by atoms with E-state index in [1.165, 1.54) is 0 Å². The van der Waals surface area contributed by atoms with E-state index in [0.29, 0.717) is 17.2 Å². The largest absolute Gasteiger partial charge is 0.493 e. The average Bonchev–Trinajstić information content (AvgIpc) is 2.28. The van der Waals surface area contributed by atoms with Crippen LogP contribution in [0.25, 0.3) is 6.08 Å². The van der Waals surface area contributed by atoms with Crippen LogP contribution in [0, 0.1) is 12.3 Å². The summed E-state index contributed by atoms with van der Waals surface area (Å²) in [6, 6.07) is 5.46. The van der Waals surface area contributed by atoms with Crippen LogP contribution in [-0.4, -0.2) is 14.2 Å². The van der Waals surface area contributed by atoms with Gasteiger partial charge >= 0.3 is 0 Å². The summed E-state index contributed by atoms with van der Waals surface area (Å²) in [6.07, 6.45) is 6.84. The molecule has 0 unspecified atom stereocenters. The minimum atomic E-state index is 0.377. The Kier molecular flexibility index (Phi) is 3.64. The summed E-state index contributed by atoms with van der Waals surface area (Å²) in [4.78, 5) is 0. The molecule has 2 N–H and O–H groups in total. The van der Waals surface area contributed by atoms with Crippen LogP contribution < -0.4 is 15.2 Å². The molecule has 3 heteroatoms. The quantitative estimate of drug-likeness (QED) is 0.759. The van der Waals surface area contributed by atoms with Gasteiger partial charge in [0.1, 0.15) is 0 Å². The molecule has 0 fully saturated rings. The van der Waals surface area contributed by atoms with Crippen LogP contribution in [0.3, 0.4) is 0 Å². The minimum Gasteiger partial charge on any atom is -0.493 e. The molecule has 0 radical (unpaired) electrons. The van der Waals surface area contributed by atoms with E-state index in [-0.39, 0.29) is 0 Å². The third-order valence-corrected chi connectivity index (χ3v) is 1.90. The Morgan fingerprint density at radius 1 is 1.33 bits per heavy atom. The first-order valence-electron chi connectivity index (χ1n) is 4.37. The van der Waals surface area contributed by atoms with Crippen LogP contribution in [0.4, 0.5) is 0 Å². The molecule has 0 aliphatic carbocycles. The van der Waals surface area contributed by atoms with E-state index in [0.717, 1.165) is 5.56 Å². The summed E-state index contributed by atoms with van der Waals surface area (Å²) in [5, 5.41) is 0. The van der Waals surface area contributed by atoms with Crippen LogP contribution in [0.2, 0.25) is 0 Å². The van der Waals surface area contributed by atoms with Crippen molar-refractivity contribution in [1.29, 1.82) is 0 Å². The Hall–Kier alpha value is -2.08. The van der Waals surface area contributed by atoms with Crippen molar-refractivity contribution in [3.63, 3.8) is 0 Å². The topological polar surface area (TPSA) is 44.5 Å². The van der Waals surface area contributed by atoms with Crippen LogP contribution in [0.1, 0.15) is 5.56 Å². The number of methoxy groups -OCH3 is 2. The van der Waals surface area contributed by atoms with Crippen LogP contribution >= 0.6 is 0 Å². The molecule has 0 saturated carbocycles. The maximum absolute atomic E-state index is 5.52. The predicted molar refractivity (Wildman–Crippen MR) is 60.5 cm³/mol. The molecule has 0 aliphatic rings. The summed E-state index contributed by atoms with van der Waals surface area (Å²) in [7, 11) is 3.17. The molecule has 0 spiro atoms. The van der Waals surface area contributed by atoms with Gasteiger partial charge in [0.2, 0.25) is 0 Å². The molecule has 0 aliphatic heterocycles. The molecule has 1 aromatic rings. The molecule has 0 aromatic heterocycles. The van der Waals surface area contributed by atoms with Gasteiger partial charge in [-0.1, -0.05) is 12.0 Å². The fourth-order valence-electron chi connectivity index (χ4n) is 1.16. The van der Waals surface area contributed by atoms with E-state index in [2.05, 4.69) is 5.92 Å². The summed E-state index contributed by atoms with van der Waals surface area (Å²) in [5.74, 6) is 3.67. The highest BCUT2D eigenvalue weighted by atomic mass is 16.5. The Bertz CT molecular complexity index is 416. The van der Waals surface area contributed by atoms with Gasteiger partial charge in [-0.05, 0) is 23.8 Å². The smallest absolute Gasteiger partial charge is 0.161 e. The summed E-state index contributed by atoms with van der Waals surface area (Å²) in [6.45, 7) is 0. The summed E-state index contributed by atoms with van der Waals surface area (Å²) < 4.78 is 10.3. The molecule has 3 nitrogen and oxygen atoms in total. The van der Waals surface area contributed by atoms with Crippen molar-refractivity contribution in [2.24, 2.45) is 5.73 Å². The van der Waals surface area contributed by atoms with E-state index in [1.807, 2.05) is 12.1 Å². The lowest BCUT2D eigenvalue weighted by molar-refractivity contribution is 0.355. The van der Waals surface area contributed by atoms with E-state index in [1.54, 1.807) is 26.4 Å². The second-order valence-electron chi connectivity index (χ2n) is 2.86. The molecular formula is C12H13NO2. The van der Waals surface area contributed by atoms with Gasteiger partial charge in [0.15, 0.2) is 11.5 Å². The summed E-state index contributed by atoms with van der Waals surface area (Å²) >= 11 is 0. The van der Waals surface area contributed by atoms with Gasteiger partial charge in [0, 0.05) is 0 Å². The minimum absolute atomic E-state index is 0.377. The highest BCUT2D eigenvalue weighted by Crippen LogP contribution is 2.28. The Morgan fingerprint density at radius 3 is 2.53 bits per heavy atom. The van der Waals surface area contributed by atoms with Crippen LogP contribution in [0.15, 0.2) is 23.9 Å². The Labute approximate surface area is 89.5 Å². The monoisotopic (exact) mass is 203 g/mol. The average molecular weight is 203 g/mol. The van der Waals surface area contributed by atoms with Crippen molar-refractivity contribution in [3.05, 3.63) is 29.5 Å². The van der Waals surface area contributed by atoms with Crippen molar-refractivity contribution in [2.45, 2.75) is 0 Å². The van der Waals surface area contributed by atoms with E-state index < -0.39 is 0 Å². The van der Waals surface area contributed by atoms with E-state index >= 15 is 0 Å². The zero-order valence-electron chi connectivity index (χ0n) is 8.78. The molecule has 0 atom stereocenters. The molecule has 0 saturated heterocycles. The second-order valence-corrected chi connectivity index (χ2v) is 2.86. The normalized spacial score (nSPS) is 10.6. The number of allylic oxidation sites excluding steroid dienone is 1. The number of hydrogen-bond acceptors (Lipinski definition) is 3. The SMILES string of the molecule is C#C/C(N)=C\c1ccc(OC)c(OC)c1. The first-order valence-corrected chi connectivity index (χ1v) is 4.37. The van der Waals surface area contributed by atoms with Crippen molar-refractivity contribution >= 4 is 6.08 Å². The Balaban J connectivity index is 3.10. The standard InChI is InChI=1S/C12H13NO2/c1-4-10(13)7-9-5-6-11(14-2)12(8-9)15-3/h1,5-8H,13H2,2-3H3/b10-7+. The fraction of sp³-hybridized carbons (Fsp3) is 0.167.